The lowest BCUT2D eigenvalue weighted by Gasteiger charge is -2.17. The maximum absolute atomic E-state index is 12.6. The van der Waals surface area contributed by atoms with Crippen molar-refractivity contribution in [2.45, 2.75) is 31.7 Å². The summed E-state index contributed by atoms with van der Waals surface area (Å²) in [5.74, 6) is 1.57. The predicted molar refractivity (Wildman–Crippen MR) is 121 cm³/mol. The number of amides is 1. The Labute approximate surface area is 177 Å². The Bertz CT molecular complexity index is 939. The Balaban J connectivity index is 1.49. The van der Waals surface area contributed by atoms with Crippen LogP contribution in [0, 0.1) is 13.8 Å². The molecule has 1 amide bonds. The molecule has 29 heavy (non-hydrogen) atoms. The van der Waals surface area contributed by atoms with Gasteiger partial charge in [0.05, 0.1) is 12.6 Å². The molecule has 0 saturated heterocycles. The molecular formula is C25H27NO2S. The lowest BCUT2D eigenvalue weighted by atomic mass is 10.00. The first kappa shape index (κ1) is 21.0. The van der Waals surface area contributed by atoms with E-state index in [0.29, 0.717) is 12.2 Å². The molecule has 0 aromatic heterocycles. The Hall–Kier alpha value is -2.72. The lowest BCUT2D eigenvalue weighted by Crippen LogP contribution is -2.27. The van der Waals surface area contributed by atoms with Gasteiger partial charge in [-0.2, -0.15) is 0 Å². The molecule has 3 rings (SSSR count). The Morgan fingerprint density at radius 1 is 1.00 bits per heavy atom. The molecule has 4 heteroatoms. The molecule has 150 valence electrons. The van der Waals surface area contributed by atoms with Crippen LogP contribution in [0.2, 0.25) is 0 Å². The van der Waals surface area contributed by atoms with E-state index in [-0.39, 0.29) is 11.9 Å². The van der Waals surface area contributed by atoms with E-state index in [1.807, 2.05) is 49.4 Å². The second-order valence-corrected chi connectivity index (χ2v) is 8.26. The molecule has 3 nitrogen and oxygen atoms in total. The normalized spacial score (nSPS) is 11.7. The minimum absolute atomic E-state index is 0.0472. The summed E-state index contributed by atoms with van der Waals surface area (Å²) in [6.07, 6.45) is 0. The molecule has 1 atom stereocenters. The summed E-state index contributed by atoms with van der Waals surface area (Å²) in [6.45, 7) is 6.78. The van der Waals surface area contributed by atoms with Crippen LogP contribution >= 0.6 is 11.8 Å². The van der Waals surface area contributed by atoms with Crippen LogP contribution in [0.25, 0.3) is 0 Å². The van der Waals surface area contributed by atoms with Crippen molar-refractivity contribution in [1.29, 1.82) is 0 Å². The average molecular weight is 406 g/mol. The minimum atomic E-state index is -0.0799. The summed E-state index contributed by atoms with van der Waals surface area (Å²) in [7, 11) is 0. The van der Waals surface area contributed by atoms with Crippen molar-refractivity contribution in [3.63, 3.8) is 0 Å². The topological polar surface area (TPSA) is 38.3 Å². The van der Waals surface area contributed by atoms with E-state index in [1.165, 1.54) is 16.0 Å². The van der Waals surface area contributed by atoms with Gasteiger partial charge in [-0.25, -0.2) is 0 Å². The molecule has 0 aliphatic heterocycles. The number of carbonyl (C=O) groups is 1. The first-order chi connectivity index (χ1) is 14.0. The number of nitrogens with one attached hydrogen (secondary N) is 1. The van der Waals surface area contributed by atoms with Crippen LogP contribution < -0.4 is 10.1 Å². The molecular weight excluding hydrogens is 378 g/mol. The standard InChI is InChI=1S/C25H27NO2S/c1-18-9-14-24(19(2)17-18)20(3)26-25(27)21-10-12-22(13-11-21)28-15-16-29-23-7-5-4-6-8-23/h4-14,17,20H,15-16H2,1-3H3,(H,26,27)/t20-/m1/s1. The zero-order chi connectivity index (χ0) is 20.6. The zero-order valence-electron chi connectivity index (χ0n) is 17.1. The Morgan fingerprint density at radius 2 is 1.72 bits per heavy atom. The summed E-state index contributed by atoms with van der Waals surface area (Å²) in [4.78, 5) is 13.8. The Morgan fingerprint density at radius 3 is 2.41 bits per heavy atom. The highest BCUT2D eigenvalue weighted by Gasteiger charge is 2.13. The molecule has 1 N–H and O–H groups in total. The molecule has 3 aromatic rings. The third-order valence-electron chi connectivity index (χ3n) is 4.72. The van der Waals surface area contributed by atoms with Crippen molar-refractivity contribution in [2.75, 3.05) is 12.4 Å². The van der Waals surface area contributed by atoms with Crippen molar-refractivity contribution in [3.05, 3.63) is 95.1 Å². The number of rotatable bonds is 8. The van der Waals surface area contributed by atoms with Crippen molar-refractivity contribution < 1.29 is 9.53 Å². The number of hydrogen-bond donors (Lipinski definition) is 1. The molecule has 0 unspecified atom stereocenters. The summed E-state index contributed by atoms with van der Waals surface area (Å²) in [6, 6.07) is 23.8. The van der Waals surface area contributed by atoms with Gasteiger partial charge in [-0.15, -0.1) is 11.8 Å². The highest BCUT2D eigenvalue weighted by atomic mass is 32.2. The van der Waals surface area contributed by atoms with E-state index in [0.717, 1.165) is 17.1 Å². The third-order valence-corrected chi connectivity index (χ3v) is 5.70. The van der Waals surface area contributed by atoms with Crippen molar-refractivity contribution >= 4 is 17.7 Å². The maximum atomic E-state index is 12.6. The van der Waals surface area contributed by atoms with Crippen LogP contribution in [-0.4, -0.2) is 18.3 Å². The number of aryl methyl sites for hydroxylation is 2. The van der Waals surface area contributed by atoms with Crippen LogP contribution in [0.1, 0.15) is 40.0 Å². The number of benzene rings is 3. The number of ether oxygens (including phenoxy) is 1. The fourth-order valence-corrected chi connectivity index (χ4v) is 3.96. The predicted octanol–water partition coefficient (Wildman–Crippen LogP) is 5.97. The quantitative estimate of drug-likeness (QED) is 0.371. The van der Waals surface area contributed by atoms with E-state index in [1.54, 1.807) is 11.8 Å². The summed E-state index contributed by atoms with van der Waals surface area (Å²) in [5.41, 5.74) is 4.19. The second-order valence-electron chi connectivity index (χ2n) is 7.09. The third kappa shape index (κ3) is 6.13. The van der Waals surface area contributed by atoms with E-state index in [4.69, 9.17) is 4.74 Å². The molecule has 0 radical (unpaired) electrons. The smallest absolute Gasteiger partial charge is 0.251 e. The monoisotopic (exact) mass is 405 g/mol. The second kappa shape index (κ2) is 10.2. The fraction of sp³-hybridized carbons (Fsp3) is 0.240. The molecule has 0 bridgehead atoms. The lowest BCUT2D eigenvalue weighted by molar-refractivity contribution is 0.0940. The van der Waals surface area contributed by atoms with Crippen molar-refractivity contribution in [2.24, 2.45) is 0 Å². The summed E-state index contributed by atoms with van der Waals surface area (Å²) < 4.78 is 5.79. The van der Waals surface area contributed by atoms with Gasteiger partial charge in [0, 0.05) is 16.2 Å². The van der Waals surface area contributed by atoms with Gasteiger partial charge in [0.15, 0.2) is 0 Å². The molecule has 0 fully saturated rings. The summed E-state index contributed by atoms with van der Waals surface area (Å²) >= 11 is 1.77. The summed E-state index contributed by atoms with van der Waals surface area (Å²) in [5, 5.41) is 3.08. The number of carbonyl (C=O) groups excluding carboxylic acids is 1. The van der Waals surface area contributed by atoms with Crippen LogP contribution in [0.5, 0.6) is 5.75 Å². The van der Waals surface area contributed by atoms with Crippen molar-refractivity contribution in [1.82, 2.24) is 5.32 Å². The van der Waals surface area contributed by atoms with Crippen LogP contribution in [0.4, 0.5) is 0 Å². The molecule has 0 spiro atoms. The largest absolute Gasteiger partial charge is 0.493 e. The van der Waals surface area contributed by atoms with Gasteiger partial charge >= 0.3 is 0 Å². The number of hydrogen-bond acceptors (Lipinski definition) is 3. The first-order valence-corrected chi connectivity index (χ1v) is 10.8. The minimum Gasteiger partial charge on any atom is -0.493 e. The average Bonchev–Trinajstić information content (AvgIpc) is 2.72. The van der Waals surface area contributed by atoms with E-state index >= 15 is 0 Å². The highest BCUT2D eigenvalue weighted by Crippen LogP contribution is 2.20. The van der Waals surface area contributed by atoms with Crippen LogP contribution in [0.15, 0.2) is 77.7 Å². The highest BCUT2D eigenvalue weighted by molar-refractivity contribution is 7.99. The van der Waals surface area contributed by atoms with Gasteiger partial charge in [0.25, 0.3) is 5.91 Å². The van der Waals surface area contributed by atoms with Gasteiger partial charge in [-0.3, -0.25) is 4.79 Å². The zero-order valence-corrected chi connectivity index (χ0v) is 18.0. The Kier molecular flexibility index (Phi) is 7.36. The molecule has 0 aliphatic carbocycles. The molecule has 0 heterocycles. The van der Waals surface area contributed by atoms with E-state index in [9.17, 15) is 4.79 Å². The first-order valence-electron chi connectivity index (χ1n) is 9.81. The SMILES string of the molecule is Cc1ccc([C@@H](C)NC(=O)c2ccc(OCCSc3ccccc3)cc2)c(C)c1. The fourth-order valence-electron chi connectivity index (χ4n) is 3.21. The van der Waals surface area contributed by atoms with E-state index < -0.39 is 0 Å². The molecule has 3 aromatic carbocycles. The van der Waals surface area contributed by atoms with Gasteiger partial charge in [-0.1, -0.05) is 42.0 Å². The van der Waals surface area contributed by atoms with Crippen molar-refractivity contribution in [3.8, 4) is 5.75 Å². The van der Waals surface area contributed by atoms with E-state index in [2.05, 4.69) is 49.5 Å². The maximum Gasteiger partial charge on any atom is 0.251 e. The van der Waals surface area contributed by atoms with Gasteiger partial charge in [-0.05, 0) is 68.3 Å². The van der Waals surface area contributed by atoms with Gasteiger partial charge < -0.3 is 10.1 Å². The van der Waals surface area contributed by atoms with Crippen LogP contribution in [0.3, 0.4) is 0 Å². The number of thioether (sulfide) groups is 1. The van der Waals surface area contributed by atoms with Crippen LogP contribution in [-0.2, 0) is 0 Å². The molecule has 0 aliphatic rings. The van der Waals surface area contributed by atoms with Gasteiger partial charge in [0.2, 0.25) is 0 Å². The molecule has 0 saturated carbocycles. The van der Waals surface area contributed by atoms with Gasteiger partial charge in [0.1, 0.15) is 5.75 Å².